The molecule has 0 aliphatic carbocycles. The molecule has 2 rings (SSSR count). The summed E-state index contributed by atoms with van der Waals surface area (Å²) in [5, 5.41) is -0.447. The molecule has 142 valence electrons. The fourth-order valence-electron chi connectivity index (χ4n) is 1.68. The maximum Gasteiger partial charge on any atom is 0.525 e. The number of anilines is 1. The van der Waals surface area contributed by atoms with Crippen molar-refractivity contribution in [2.75, 3.05) is 5.73 Å². The van der Waals surface area contributed by atoms with E-state index < -0.39 is 29.6 Å². The van der Waals surface area contributed by atoms with Crippen LogP contribution in [0.15, 0.2) is 42.5 Å². The van der Waals surface area contributed by atoms with Crippen LogP contribution in [-0.2, 0) is 4.74 Å². The Bertz CT molecular complexity index is 754. The minimum absolute atomic E-state index is 0.110. The Kier molecular flexibility index (Phi) is 5.77. The Morgan fingerprint density at radius 2 is 1.50 bits per heavy atom. The lowest BCUT2D eigenvalue weighted by molar-refractivity contribution is -0.411. The van der Waals surface area contributed by atoms with Gasteiger partial charge in [0.1, 0.15) is 17.2 Å². The summed E-state index contributed by atoms with van der Waals surface area (Å²) in [5.74, 6) is -0.301. The second kappa shape index (κ2) is 7.50. The van der Waals surface area contributed by atoms with E-state index in [-0.39, 0.29) is 5.75 Å². The van der Waals surface area contributed by atoms with Crippen LogP contribution in [0.25, 0.3) is 0 Å². The van der Waals surface area contributed by atoms with E-state index in [1.807, 2.05) is 0 Å². The number of hydrogen-bond donors (Lipinski definition) is 1. The zero-order valence-electron chi connectivity index (χ0n) is 12.6. The van der Waals surface area contributed by atoms with E-state index in [1.165, 1.54) is 12.1 Å². The summed E-state index contributed by atoms with van der Waals surface area (Å²) >= 11 is 5.72. The molecule has 0 bridgehead atoms. The highest BCUT2D eigenvalue weighted by Crippen LogP contribution is 2.37. The van der Waals surface area contributed by atoms with Crippen molar-refractivity contribution in [2.45, 2.75) is 18.8 Å². The first-order valence-corrected chi connectivity index (χ1v) is 7.12. The Morgan fingerprint density at radius 3 is 2.04 bits per heavy atom. The maximum atomic E-state index is 13.4. The molecular weight excluding hydrogens is 392 g/mol. The largest absolute Gasteiger partial charge is 0.525 e. The van der Waals surface area contributed by atoms with Gasteiger partial charge in [0.2, 0.25) is 0 Å². The van der Waals surface area contributed by atoms with Crippen molar-refractivity contribution in [3.05, 3.63) is 47.5 Å². The summed E-state index contributed by atoms with van der Waals surface area (Å²) in [5.41, 5.74) is 6.00. The molecule has 0 aliphatic rings. The first-order chi connectivity index (χ1) is 12.0. The summed E-state index contributed by atoms with van der Waals surface area (Å²) in [4.78, 5) is 0. The fourth-order valence-corrected chi connectivity index (χ4v) is 1.89. The number of halogens is 7. The molecule has 0 radical (unpaired) electrons. The van der Waals surface area contributed by atoms with Crippen LogP contribution in [-0.4, -0.2) is 18.8 Å². The molecule has 0 aliphatic heterocycles. The van der Waals surface area contributed by atoms with Crippen molar-refractivity contribution in [3.63, 3.8) is 0 Å². The zero-order valence-corrected chi connectivity index (χ0v) is 13.3. The zero-order chi connectivity index (χ0) is 19.5. The van der Waals surface area contributed by atoms with Crippen LogP contribution >= 0.6 is 11.6 Å². The summed E-state index contributed by atoms with van der Waals surface area (Å²) in [6.07, 6.45) is -14.6. The van der Waals surface area contributed by atoms with E-state index in [9.17, 15) is 26.3 Å². The Balaban J connectivity index is 2.10. The standard InChI is InChI=1S/C15H10ClF6NO3/c16-11-7-10(24-9-3-1-8(23)2-4-9)5-6-12(11)25-14(18,19)13(17)26-15(20,21)22/h1-7,13H,23H2. The predicted octanol–water partition coefficient (Wildman–Crippen LogP) is 5.52. The maximum absolute atomic E-state index is 13.4. The van der Waals surface area contributed by atoms with Crippen LogP contribution in [0.4, 0.5) is 32.0 Å². The van der Waals surface area contributed by atoms with Crippen molar-refractivity contribution in [1.82, 2.24) is 0 Å². The van der Waals surface area contributed by atoms with Crippen molar-refractivity contribution < 1.29 is 40.6 Å². The quantitative estimate of drug-likeness (QED) is 0.511. The van der Waals surface area contributed by atoms with Crippen molar-refractivity contribution in [3.8, 4) is 17.2 Å². The monoisotopic (exact) mass is 401 g/mol. The third-order valence-electron chi connectivity index (χ3n) is 2.77. The lowest BCUT2D eigenvalue weighted by atomic mass is 10.3. The highest BCUT2D eigenvalue weighted by molar-refractivity contribution is 6.32. The van der Waals surface area contributed by atoms with Gasteiger partial charge in [-0.25, -0.2) is 9.13 Å². The molecule has 2 N–H and O–H groups in total. The van der Waals surface area contributed by atoms with Crippen molar-refractivity contribution in [2.24, 2.45) is 0 Å². The molecule has 0 aromatic heterocycles. The average molecular weight is 402 g/mol. The summed E-state index contributed by atoms with van der Waals surface area (Å²) < 4.78 is 87.2. The first-order valence-electron chi connectivity index (χ1n) is 6.75. The molecule has 0 amide bonds. The van der Waals surface area contributed by atoms with Crippen LogP contribution in [0.5, 0.6) is 17.2 Å². The van der Waals surface area contributed by atoms with Crippen molar-refractivity contribution in [1.29, 1.82) is 0 Å². The molecule has 11 heteroatoms. The number of nitrogen functional groups attached to an aromatic ring is 1. The van der Waals surface area contributed by atoms with Gasteiger partial charge in [-0.2, -0.15) is 8.78 Å². The van der Waals surface area contributed by atoms with E-state index in [1.54, 1.807) is 12.1 Å². The lowest BCUT2D eigenvalue weighted by Crippen LogP contribution is -2.41. The molecule has 2 aromatic carbocycles. The van der Waals surface area contributed by atoms with Gasteiger partial charge in [0.25, 0.3) is 0 Å². The fraction of sp³-hybridized carbons (Fsp3) is 0.200. The number of alkyl halides is 6. The summed E-state index contributed by atoms with van der Waals surface area (Å²) in [6, 6.07) is 9.25. The van der Waals surface area contributed by atoms with Crippen LogP contribution in [0.1, 0.15) is 0 Å². The third-order valence-corrected chi connectivity index (χ3v) is 3.06. The topological polar surface area (TPSA) is 53.7 Å². The second-order valence-electron chi connectivity index (χ2n) is 4.81. The third kappa shape index (κ3) is 5.60. The molecule has 0 fully saturated rings. The molecule has 1 unspecified atom stereocenters. The molecule has 26 heavy (non-hydrogen) atoms. The number of nitrogens with two attached hydrogens (primary N) is 1. The molecule has 0 spiro atoms. The summed E-state index contributed by atoms with van der Waals surface area (Å²) in [6.45, 7) is 0. The van der Waals surface area contributed by atoms with Crippen LogP contribution in [0.3, 0.4) is 0 Å². The van der Waals surface area contributed by atoms with Crippen LogP contribution in [0, 0.1) is 0 Å². The van der Waals surface area contributed by atoms with Gasteiger partial charge in [0, 0.05) is 11.8 Å². The molecule has 2 aromatic rings. The molecule has 4 nitrogen and oxygen atoms in total. The van der Waals surface area contributed by atoms with Gasteiger partial charge in [-0.05, 0) is 36.4 Å². The van der Waals surface area contributed by atoms with Crippen LogP contribution in [0.2, 0.25) is 5.02 Å². The van der Waals surface area contributed by atoms with Gasteiger partial charge < -0.3 is 15.2 Å². The molecule has 1 atom stereocenters. The SMILES string of the molecule is Nc1ccc(Oc2ccc(OC(F)(F)C(F)OC(F)(F)F)c(Cl)c2)cc1. The molecule has 0 saturated carbocycles. The van der Waals surface area contributed by atoms with Gasteiger partial charge in [0.05, 0.1) is 5.02 Å². The average Bonchev–Trinajstić information content (AvgIpc) is 2.50. The smallest absolute Gasteiger partial charge is 0.457 e. The van der Waals surface area contributed by atoms with E-state index >= 15 is 0 Å². The molecular formula is C15H10ClF6NO3. The highest BCUT2D eigenvalue weighted by atomic mass is 35.5. The van der Waals surface area contributed by atoms with Gasteiger partial charge in [-0.3, -0.25) is 0 Å². The number of rotatable bonds is 6. The number of ether oxygens (including phenoxy) is 3. The van der Waals surface area contributed by atoms with E-state index in [0.29, 0.717) is 11.4 Å². The van der Waals surface area contributed by atoms with Crippen LogP contribution < -0.4 is 15.2 Å². The Labute approximate surface area is 148 Å². The van der Waals surface area contributed by atoms with E-state index in [0.717, 1.165) is 18.2 Å². The van der Waals surface area contributed by atoms with E-state index in [4.69, 9.17) is 22.1 Å². The second-order valence-corrected chi connectivity index (χ2v) is 5.21. The Hall–Kier alpha value is -2.33. The Morgan fingerprint density at radius 1 is 0.923 bits per heavy atom. The lowest BCUT2D eigenvalue weighted by Gasteiger charge is -2.22. The molecule has 0 heterocycles. The number of benzene rings is 2. The predicted molar refractivity (Wildman–Crippen MR) is 80.0 cm³/mol. The normalized spacial score (nSPS) is 13.3. The minimum Gasteiger partial charge on any atom is -0.457 e. The van der Waals surface area contributed by atoms with Gasteiger partial charge in [-0.1, -0.05) is 11.6 Å². The first kappa shape index (κ1) is 20.0. The van der Waals surface area contributed by atoms with Gasteiger partial charge in [0.15, 0.2) is 0 Å². The van der Waals surface area contributed by atoms with Gasteiger partial charge in [-0.15, -0.1) is 13.2 Å². The van der Waals surface area contributed by atoms with Gasteiger partial charge >= 0.3 is 18.8 Å². The molecule has 0 saturated heterocycles. The minimum atomic E-state index is -5.60. The number of hydrogen-bond acceptors (Lipinski definition) is 4. The summed E-state index contributed by atoms with van der Waals surface area (Å²) in [7, 11) is 0. The highest BCUT2D eigenvalue weighted by Gasteiger charge is 2.50. The van der Waals surface area contributed by atoms with E-state index in [2.05, 4.69) is 9.47 Å². The van der Waals surface area contributed by atoms with Crippen molar-refractivity contribution >= 4 is 17.3 Å².